The number of amides is 2. The van der Waals surface area contributed by atoms with E-state index in [-0.39, 0.29) is 6.54 Å². The smallest absolute Gasteiger partial charge is 0.254 e. The van der Waals surface area contributed by atoms with E-state index >= 15 is 0 Å². The molecule has 0 aliphatic carbocycles. The van der Waals surface area contributed by atoms with Gasteiger partial charge in [0.25, 0.3) is 11.8 Å². The molecule has 1 aromatic heterocycles. The molecule has 3 N–H and O–H groups in total. The van der Waals surface area contributed by atoms with Crippen molar-refractivity contribution >= 4 is 33.9 Å². The van der Waals surface area contributed by atoms with Gasteiger partial charge in [-0.15, -0.1) is 11.3 Å². The first-order valence-corrected chi connectivity index (χ1v) is 13.1. The lowest BCUT2D eigenvalue weighted by atomic mass is 9.98. The maximum atomic E-state index is 13.0. The van der Waals surface area contributed by atoms with Crippen LogP contribution in [0.2, 0.25) is 0 Å². The molecule has 3 aromatic carbocycles. The second-order valence-corrected chi connectivity index (χ2v) is 9.96. The Labute approximate surface area is 225 Å². The Morgan fingerprint density at radius 1 is 1.03 bits per heavy atom. The topological polar surface area (TPSA) is 112 Å². The van der Waals surface area contributed by atoms with Gasteiger partial charge >= 0.3 is 0 Å². The molecule has 0 aliphatic heterocycles. The van der Waals surface area contributed by atoms with Crippen molar-refractivity contribution in [1.29, 1.82) is 0 Å². The number of benzene rings is 3. The number of nitrogens with zero attached hydrogens (tertiary/aromatic N) is 2. The third-order valence-corrected chi connectivity index (χ3v) is 7.50. The number of hydrogen-bond donors (Lipinski definition) is 3. The summed E-state index contributed by atoms with van der Waals surface area (Å²) in [5.41, 5.74) is 2.72. The lowest BCUT2D eigenvalue weighted by molar-refractivity contribution is -0.153. The molecule has 1 heterocycles. The van der Waals surface area contributed by atoms with E-state index in [0.29, 0.717) is 11.4 Å². The van der Waals surface area contributed by atoms with Crippen molar-refractivity contribution in [2.75, 3.05) is 14.2 Å². The summed E-state index contributed by atoms with van der Waals surface area (Å²) in [6, 6.07) is 20.9. The van der Waals surface area contributed by atoms with Crippen LogP contribution in [0.15, 0.2) is 72.1 Å². The van der Waals surface area contributed by atoms with Crippen molar-refractivity contribution in [2.24, 2.45) is 0 Å². The summed E-state index contributed by atoms with van der Waals surface area (Å²) in [6.07, 6.45) is -3.25. The van der Waals surface area contributed by atoms with E-state index in [2.05, 4.69) is 10.3 Å². The van der Waals surface area contributed by atoms with E-state index in [0.717, 1.165) is 33.3 Å². The van der Waals surface area contributed by atoms with Gasteiger partial charge in [-0.25, -0.2) is 4.98 Å². The Morgan fingerprint density at radius 3 is 2.53 bits per heavy atom. The normalized spacial score (nSPS) is 13.5. The zero-order chi connectivity index (χ0) is 27.2. The quantitative estimate of drug-likeness (QED) is 0.288. The standard InChI is InChI=1S/C29H31N3O5S/c1-18(22-13-8-11-19-9-4-6-12-23(19)22)32(2)29(36)27(34)26(33)28(35)30-16-25-31-21(17-38-25)15-20-10-5-7-14-24(20)37-3/h4-14,17-18,26-27,33-34H,15-16H2,1-3H3,(H,30,35)/t18-,26-,27-/m1/s1. The minimum atomic E-state index is -1.92. The van der Waals surface area contributed by atoms with Crippen LogP contribution in [0.3, 0.4) is 0 Å². The first-order valence-electron chi connectivity index (χ1n) is 12.2. The van der Waals surface area contributed by atoms with Gasteiger partial charge in [0.2, 0.25) is 0 Å². The molecule has 0 saturated heterocycles. The fourth-order valence-electron chi connectivity index (χ4n) is 4.32. The van der Waals surface area contributed by atoms with Crippen LogP contribution in [-0.2, 0) is 22.6 Å². The Kier molecular flexibility index (Phi) is 8.73. The Hall–Kier alpha value is -3.79. The number of rotatable bonds is 10. The van der Waals surface area contributed by atoms with Crippen LogP contribution in [0.1, 0.15) is 34.8 Å². The molecule has 198 valence electrons. The van der Waals surface area contributed by atoms with Gasteiger partial charge < -0.3 is 25.2 Å². The van der Waals surface area contributed by atoms with E-state index < -0.39 is 30.1 Å². The van der Waals surface area contributed by atoms with E-state index in [9.17, 15) is 19.8 Å². The molecule has 38 heavy (non-hydrogen) atoms. The SMILES string of the molecule is COc1ccccc1Cc1csc(CNC(=O)[C@H](O)[C@@H](O)C(=O)N(C)[C@H](C)c2cccc3ccccc23)n1. The number of aliphatic hydroxyl groups excluding tert-OH is 2. The van der Waals surface area contributed by atoms with E-state index in [1.165, 1.54) is 16.2 Å². The molecule has 8 nitrogen and oxygen atoms in total. The molecule has 0 fully saturated rings. The fourth-order valence-corrected chi connectivity index (χ4v) is 5.06. The molecular formula is C29H31N3O5S. The van der Waals surface area contributed by atoms with Crippen molar-refractivity contribution in [3.8, 4) is 5.75 Å². The number of aliphatic hydroxyl groups is 2. The Balaban J connectivity index is 1.34. The summed E-state index contributed by atoms with van der Waals surface area (Å²) in [7, 11) is 3.16. The first kappa shape index (κ1) is 27.3. The molecule has 2 amide bonds. The Morgan fingerprint density at radius 2 is 1.74 bits per heavy atom. The number of methoxy groups -OCH3 is 1. The molecule has 3 atom stereocenters. The highest BCUT2D eigenvalue weighted by molar-refractivity contribution is 7.09. The maximum absolute atomic E-state index is 13.0. The lowest BCUT2D eigenvalue weighted by Crippen LogP contribution is -2.50. The van der Waals surface area contributed by atoms with Gasteiger partial charge in [-0.2, -0.15) is 0 Å². The molecule has 0 radical (unpaired) electrons. The number of fused-ring (bicyclic) bond motifs is 1. The number of thiazole rings is 1. The van der Waals surface area contributed by atoms with Gasteiger partial charge in [0.05, 0.1) is 25.4 Å². The first-order chi connectivity index (χ1) is 18.3. The minimum Gasteiger partial charge on any atom is -0.496 e. The maximum Gasteiger partial charge on any atom is 0.254 e. The van der Waals surface area contributed by atoms with Crippen molar-refractivity contribution < 1.29 is 24.5 Å². The van der Waals surface area contributed by atoms with Crippen LogP contribution < -0.4 is 10.1 Å². The second kappa shape index (κ2) is 12.2. The monoisotopic (exact) mass is 533 g/mol. The molecule has 9 heteroatoms. The minimum absolute atomic E-state index is 0.0651. The molecule has 0 unspecified atom stereocenters. The van der Waals surface area contributed by atoms with Crippen LogP contribution in [0.5, 0.6) is 5.75 Å². The molecule has 4 aromatic rings. The predicted molar refractivity (Wildman–Crippen MR) is 147 cm³/mol. The Bertz CT molecular complexity index is 1420. The van der Waals surface area contributed by atoms with Crippen molar-refractivity contribution in [2.45, 2.75) is 38.1 Å². The highest BCUT2D eigenvalue weighted by Gasteiger charge is 2.34. The van der Waals surface area contributed by atoms with Gasteiger partial charge in [0.15, 0.2) is 12.2 Å². The summed E-state index contributed by atoms with van der Waals surface area (Å²) in [4.78, 5) is 31.4. The van der Waals surface area contributed by atoms with Crippen LogP contribution in [0.25, 0.3) is 10.8 Å². The number of nitrogens with one attached hydrogen (secondary N) is 1. The van der Waals surface area contributed by atoms with Crippen LogP contribution in [0, 0.1) is 0 Å². The molecule has 0 spiro atoms. The average Bonchev–Trinajstić information content (AvgIpc) is 3.41. The lowest BCUT2D eigenvalue weighted by Gasteiger charge is -2.29. The summed E-state index contributed by atoms with van der Waals surface area (Å²) in [5.74, 6) is -0.822. The summed E-state index contributed by atoms with van der Waals surface area (Å²) in [6.45, 7) is 1.90. The van der Waals surface area contributed by atoms with Crippen molar-refractivity contribution in [3.05, 3.63) is 93.9 Å². The van der Waals surface area contributed by atoms with Crippen LogP contribution in [-0.4, -0.2) is 58.3 Å². The summed E-state index contributed by atoms with van der Waals surface area (Å²) in [5, 5.41) is 28.1. The van der Waals surface area contributed by atoms with E-state index in [1.807, 2.05) is 79.0 Å². The number of likely N-dealkylation sites (N-methyl/N-ethyl adjacent to an activating group) is 1. The van der Waals surface area contributed by atoms with Gasteiger partial charge in [0, 0.05) is 24.4 Å². The fraction of sp³-hybridized carbons (Fsp3) is 0.276. The number of hydrogen-bond acceptors (Lipinski definition) is 7. The number of para-hydroxylation sites is 1. The highest BCUT2D eigenvalue weighted by atomic mass is 32.1. The second-order valence-electron chi connectivity index (χ2n) is 9.02. The zero-order valence-corrected chi connectivity index (χ0v) is 22.3. The van der Waals surface area contributed by atoms with Gasteiger partial charge in [-0.3, -0.25) is 9.59 Å². The molecule has 0 bridgehead atoms. The third-order valence-electron chi connectivity index (χ3n) is 6.60. The summed E-state index contributed by atoms with van der Waals surface area (Å²) < 4.78 is 5.38. The predicted octanol–water partition coefficient (Wildman–Crippen LogP) is 3.45. The average molecular weight is 534 g/mol. The highest BCUT2D eigenvalue weighted by Crippen LogP contribution is 2.28. The third kappa shape index (κ3) is 6.02. The largest absolute Gasteiger partial charge is 0.496 e. The van der Waals surface area contributed by atoms with Gasteiger partial charge in [-0.1, -0.05) is 60.7 Å². The zero-order valence-electron chi connectivity index (χ0n) is 21.5. The van der Waals surface area contributed by atoms with Crippen LogP contribution >= 0.6 is 11.3 Å². The number of carbonyl (C=O) groups excluding carboxylic acids is 2. The van der Waals surface area contributed by atoms with E-state index in [4.69, 9.17) is 4.74 Å². The molecule has 0 saturated carbocycles. The van der Waals surface area contributed by atoms with Gasteiger partial charge in [-0.05, 0) is 29.3 Å². The number of carbonyl (C=O) groups is 2. The van der Waals surface area contributed by atoms with Gasteiger partial charge in [0.1, 0.15) is 10.8 Å². The number of ether oxygens (including phenoxy) is 1. The molecule has 4 rings (SSSR count). The summed E-state index contributed by atoms with van der Waals surface area (Å²) >= 11 is 1.37. The van der Waals surface area contributed by atoms with E-state index in [1.54, 1.807) is 14.2 Å². The number of aromatic nitrogens is 1. The molecule has 0 aliphatic rings. The van der Waals surface area contributed by atoms with Crippen LogP contribution in [0.4, 0.5) is 0 Å². The van der Waals surface area contributed by atoms with Crippen molar-refractivity contribution in [3.63, 3.8) is 0 Å². The van der Waals surface area contributed by atoms with Crippen molar-refractivity contribution in [1.82, 2.24) is 15.2 Å². The molecular weight excluding hydrogens is 502 g/mol.